The van der Waals surface area contributed by atoms with E-state index in [2.05, 4.69) is 98.4 Å². The minimum atomic E-state index is -1.19. The zero-order valence-electron chi connectivity index (χ0n) is 30.2. The van der Waals surface area contributed by atoms with Crippen molar-refractivity contribution in [2.45, 2.75) is 97.8 Å². The molecule has 4 aromatic rings. The molecule has 0 saturated carbocycles. The number of fused-ring (bicyclic) bond motifs is 1. The van der Waals surface area contributed by atoms with Gasteiger partial charge in [-0.2, -0.15) is 0 Å². The average molecular weight is 664 g/mol. The quantitative estimate of drug-likeness (QED) is 0.0997. The zero-order chi connectivity index (χ0) is 34.5. The van der Waals surface area contributed by atoms with Crippen LogP contribution in [0.25, 0.3) is 22.3 Å². The number of likely N-dealkylation sites (tertiary alicyclic amines) is 1. The third-order valence-electron chi connectivity index (χ3n) is 9.49. The Kier molecular flexibility index (Phi) is 11.2. The molecule has 2 aromatic heterocycles. The lowest BCUT2D eigenvalue weighted by Gasteiger charge is -2.30. The van der Waals surface area contributed by atoms with Gasteiger partial charge >= 0.3 is 0 Å². The standard InChI is InChI=1S/C40H53N5O2Si/c1-9-10-19-44-20-17-30(18-21-44)35-26-45(28-47-22-23-48(6,7)8)38-36(35)37(42-27-43-38)32-11-12-33(29(2)24-32)25-41-39(46)31-13-15-34(16-14-31)40(3,4)5/h11-16,24,26-27,30H,17-23,25,28H2,1-8H3,(H,41,46). The largest absolute Gasteiger partial charge is 0.361 e. The first kappa shape index (κ1) is 35.5. The molecule has 7 nitrogen and oxygen atoms in total. The predicted octanol–water partition coefficient (Wildman–Crippen LogP) is 8.15. The molecule has 254 valence electrons. The molecule has 3 heterocycles. The summed E-state index contributed by atoms with van der Waals surface area (Å²) in [7, 11) is -1.19. The topological polar surface area (TPSA) is 72.3 Å². The van der Waals surface area contributed by atoms with Gasteiger partial charge in [-0.15, -0.1) is 5.92 Å². The number of benzene rings is 2. The summed E-state index contributed by atoms with van der Waals surface area (Å²) in [5.41, 5.74) is 8.37. The summed E-state index contributed by atoms with van der Waals surface area (Å²) in [6.45, 7) is 22.3. The molecule has 0 atom stereocenters. The fourth-order valence-electron chi connectivity index (χ4n) is 6.36. The second-order valence-corrected chi connectivity index (χ2v) is 21.1. The fraction of sp³-hybridized carbons (Fsp3) is 0.475. The molecule has 1 saturated heterocycles. The Labute approximate surface area is 288 Å². The van der Waals surface area contributed by atoms with Crippen LogP contribution in [0.15, 0.2) is 55.0 Å². The van der Waals surface area contributed by atoms with Crippen molar-refractivity contribution in [1.29, 1.82) is 0 Å². The van der Waals surface area contributed by atoms with E-state index in [0.717, 1.165) is 78.5 Å². The van der Waals surface area contributed by atoms with Gasteiger partial charge in [-0.3, -0.25) is 9.69 Å². The summed E-state index contributed by atoms with van der Waals surface area (Å²) in [6, 6.07) is 15.5. The summed E-state index contributed by atoms with van der Waals surface area (Å²) in [6.07, 6.45) is 6.10. The van der Waals surface area contributed by atoms with Crippen LogP contribution in [0.2, 0.25) is 25.7 Å². The molecule has 2 aromatic carbocycles. The second-order valence-electron chi connectivity index (χ2n) is 15.5. The lowest BCUT2D eigenvalue weighted by molar-refractivity contribution is 0.0897. The Morgan fingerprint density at radius 2 is 1.79 bits per heavy atom. The van der Waals surface area contributed by atoms with Gasteiger partial charge in [0.05, 0.1) is 12.2 Å². The van der Waals surface area contributed by atoms with Gasteiger partial charge in [-0.05, 0) is 97.6 Å². The van der Waals surface area contributed by atoms with Crippen molar-refractivity contribution in [1.82, 2.24) is 24.8 Å². The molecule has 0 spiro atoms. The summed E-state index contributed by atoms with van der Waals surface area (Å²) >= 11 is 0. The number of hydrogen-bond acceptors (Lipinski definition) is 5. The lowest BCUT2D eigenvalue weighted by atomic mass is 9.87. The van der Waals surface area contributed by atoms with Crippen LogP contribution >= 0.6 is 0 Å². The SMILES string of the molecule is CC#CCN1CCC(c2cn(COCC[Si](C)(C)C)c3ncnc(-c4ccc(CNC(=O)c5ccc(C(C)(C)C)cc5)c(C)c4)c23)CC1. The smallest absolute Gasteiger partial charge is 0.251 e. The van der Waals surface area contributed by atoms with Crippen molar-refractivity contribution in [2.24, 2.45) is 0 Å². The number of hydrogen-bond donors (Lipinski definition) is 1. The molecule has 0 aliphatic carbocycles. The van der Waals surface area contributed by atoms with Crippen LogP contribution in [0, 0.1) is 18.8 Å². The van der Waals surface area contributed by atoms with Crippen molar-refractivity contribution in [2.75, 3.05) is 26.2 Å². The second kappa shape index (κ2) is 15.2. The number of nitrogens with zero attached hydrogens (tertiary/aromatic N) is 4. The van der Waals surface area contributed by atoms with Crippen LogP contribution in [0.4, 0.5) is 0 Å². The van der Waals surface area contributed by atoms with E-state index in [0.29, 0.717) is 24.8 Å². The lowest BCUT2D eigenvalue weighted by Crippen LogP contribution is -2.33. The third-order valence-corrected chi connectivity index (χ3v) is 11.2. The van der Waals surface area contributed by atoms with Crippen molar-refractivity contribution in [3.8, 4) is 23.1 Å². The normalized spacial score (nSPS) is 14.6. The van der Waals surface area contributed by atoms with Crippen molar-refractivity contribution < 1.29 is 9.53 Å². The Bertz CT molecular complexity index is 1780. The Hall–Kier alpha value is -3.77. The van der Waals surface area contributed by atoms with E-state index in [1.165, 1.54) is 11.1 Å². The molecule has 8 heteroatoms. The highest BCUT2D eigenvalue weighted by Crippen LogP contribution is 2.38. The predicted molar refractivity (Wildman–Crippen MR) is 200 cm³/mol. The maximum Gasteiger partial charge on any atom is 0.251 e. The molecule has 0 unspecified atom stereocenters. The zero-order valence-corrected chi connectivity index (χ0v) is 31.2. The van der Waals surface area contributed by atoms with Crippen LogP contribution in [-0.4, -0.2) is 59.7 Å². The molecular formula is C40H53N5O2Si. The number of ether oxygens (including phenoxy) is 1. The summed E-state index contributed by atoms with van der Waals surface area (Å²) in [5, 5.41) is 4.24. The monoisotopic (exact) mass is 663 g/mol. The first-order chi connectivity index (χ1) is 22.8. The van der Waals surface area contributed by atoms with Crippen LogP contribution in [-0.2, 0) is 23.4 Å². The molecule has 48 heavy (non-hydrogen) atoms. The number of amides is 1. The van der Waals surface area contributed by atoms with Crippen molar-refractivity contribution in [3.63, 3.8) is 0 Å². The van der Waals surface area contributed by atoms with Crippen LogP contribution < -0.4 is 5.32 Å². The molecule has 5 rings (SSSR count). The maximum atomic E-state index is 13.0. The van der Waals surface area contributed by atoms with E-state index in [9.17, 15) is 4.79 Å². The van der Waals surface area contributed by atoms with Gasteiger partial charge < -0.3 is 14.6 Å². The van der Waals surface area contributed by atoms with Crippen molar-refractivity contribution >= 4 is 25.0 Å². The highest BCUT2D eigenvalue weighted by atomic mass is 28.3. The molecule has 1 fully saturated rings. The van der Waals surface area contributed by atoms with Gasteiger partial charge in [0.1, 0.15) is 18.7 Å². The Balaban J connectivity index is 1.38. The number of piperidine rings is 1. The van der Waals surface area contributed by atoms with Gasteiger partial charge in [-0.25, -0.2) is 9.97 Å². The fourth-order valence-corrected chi connectivity index (χ4v) is 7.11. The molecule has 1 aliphatic rings. The third kappa shape index (κ3) is 8.82. The molecule has 1 N–H and O–H groups in total. The minimum Gasteiger partial charge on any atom is -0.361 e. The summed E-state index contributed by atoms with van der Waals surface area (Å²) < 4.78 is 8.40. The van der Waals surface area contributed by atoms with Crippen LogP contribution in [0.3, 0.4) is 0 Å². The average Bonchev–Trinajstić information content (AvgIpc) is 3.43. The first-order valence-electron chi connectivity index (χ1n) is 17.4. The van der Waals surface area contributed by atoms with E-state index in [1.54, 1.807) is 6.33 Å². The molecule has 1 amide bonds. The molecular weight excluding hydrogens is 611 g/mol. The summed E-state index contributed by atoms with van der Waals surface area (Å²) in [5.74, 6) is 6.62. The first-order valence-corrected chi connectivity index (χ1v) is 21.1. The van der Waals surface area contributed by atoms with E-state index >= 15 is 0 Å². The summed E-state index contributed by atoms with van der Waals surface area (Å²) in [4.78, 5) is 25.1. The van der Waals surface area contributed by atoms with Crippen molar-refractivity contribution in [3.05, 3.63) is 82.8 Å². The van der Waals surface area contributed by atoms with Gasteiger partial charge in [0.25, 0.3) is 5.91 Å². The number of nitrogens with one attached hydrogen (secondary N) is 1. The highest BCUT2D eigenvalue weighted by Gasteiger charge is 2.26. The van der Waals surface area contributed by atoms with E-state index in [1.807, 2.05) is 31.2 Å². The van der Waals surface area contributed by atoms with Gasteiger partial charge in [0.2, 0.25) is 0 Å². The van der Waals surface area contributed by atoms with E-state index < -0.39 is 8.07 Å². The molecule has 1 aliphatic heterocycles. The Morgan fingerprint density at radius 1 is 1.06 bits per heavy atom. The van der Waals surface area contributed by atoms with E-state index in [-0.39, 0.29) is 11.3 Å². The number of aromatic nitrogens is 3. The Morgan fingerprint density at radius 3 is 2.44 bits per heavy atom. The van der Waals surface area contributed by atoms with Gasteiger partial charge in [-0.1, -0.05) is 70.6 Å². The maximum absolute atomic E-state index is 13.0. The van der Waals surface area contributed by atoms with Gasteiger partial charge in [0.15, 0.2) is 0 Å². The highest BCUT2D eigenvalue weighted by molar-refractivity contribution is 6.76. The number of rotatable bonds is 11. The number of carbonyl (C=O) groups excluding carboxylic acids is 1. The van der Waals surface area contributed by atoms with Crippen LogP contribution in [0.1, 0.15) is 79.1 Å². The minimum absolute atomic E-state index is 0.0507. The van der Waals surface area contributed by atoms with Crippen LogP contribution in [0.5, 0.6) is 0 Å². The number of carbonyl (C=O) groups is 1. The van der Waals surface area contributed by atoms with E-state index in [4.69, 9.17) is 14.7 Å². The van der Waals surface area contributed by atoms with Gasteiger partial charge in [0, 0.05) is 43.9 Å². The number of aryl methyl sites for hydroxylation is 1. The molecule has 0 radical (unpaired) electrons. The molecule has 0 bridgehead atoms.